The van der Waals surface area contributed by atoms with E-state index in [4.69, 9.17) is 9.47 Å². The van der Waals surface area contributed by atoms with Crippen LogP contribution < -0.4 is 10.1 Å². The standard InChI is InChI=1S/C16H24N2O3/c1-16(2)12-18(10-11-21-16)15(19)17-9-8-13-6-4-5-7-14(13)20-3/h4-7H,8-12H2,1-3H3,(H,17,19). The molecule has 21 heavy (non-hydrogen) atoms. The fourth-order valence-electron chi connectivity index (χ4n) is 2.52. The predicted octanol–water partition coefficient (Wildman–Crippen LogP) is 2.06. The lowest BCUT2D eigenvalue weighted by molar-refractivity contribution is -0.0733. The molecule has 1 aromatic carbocycles. The number of carbonyl (C=O) groups is 1. The van der Waals surface area contributed by atoms with E-state index in [9.17, 15) is 4.79 Å². The number of para-hydroxylation sites is 1. The third-order valence-corrected chi connectivity index (χ3v) is 3.58. The summed E-state index contributed by atoms with van der Waals surface area (Å²) in [7, 11) is 1.66. The molecular formula is C16H24N2O3. The number of benzene rings is 1. The van der Waals surface area contributed by atoms with E-state index in [2.05, 4.69) is 5.32 Å². The molecule has 0 radical (unpaired) electrons. The quantitative estimate of drug-likeness (QED) is 0.924. The Balaban J connectivity index is 1.81. The molecule has 0 bridgehead atoms. The molecule has 0 aromatic heterocycles. The van der Waals surface area contributed by atoms with Crippen molar-refractivity contribution in [2.24, 2.45) is 0 Å². The highest BCUT2D eigenvalue weighted by Crippen LogP contribution is 2.18. The van der Waals surface area contributed by atoms with Crippen molar-refractivity contribution in [3.05, 3.63) is 29.8 Å². The second-order valence-corrected chi connectivity index (χ2v) is 5.82. The van der Waals surface area contributed by atoms with Gasteiger partial charge in [0.05, 0.1) is 25.9 Å². The number of nitrogens with zero attached hydrogens (tertiary/aromatic N) is 1. The minimum absolute atomic E-state index is 0.0266. The van der Waals surface area contributed by atoms with Crippen LogP contribution in [0.4, 0.5) is 4.79 Å². The van der Waals surface area contributed by atoms with Gasteiger partial charge in [-0.3, -0.25) is 0 Å². The fraction of sp³-hybridized carbons (Fsp3) is 0.562. The Morgan fingerprint density at radius 3 is 2.90 bits per heavy atom. The van der Waals surface area contributed by atoms with Gasteiger partial charge in [-0.05, 0) is 31.9 Å². The van der Waals surface area contributed by atoms with Crippen LogP contribution in [0.2, 0.25) is 0 Å². The predicted molar refractivity (Wildman–Crippen MR) is 81.7 cm³/mol. The Morgan fingerprint density at radius 2 is 2.19 bits per heavy atom. The summed E-state index contributed by atoms with van der Waals surface area (Å²) in [5.74, 6) is 0.860. The van der Waals surface area contributed by atoms with Crippen LogP contribution in [0.5, 0.6) is 5.75 Å². The molecule has 0 spiro atoms. The Morgan fingerprint density at radius 1 is 1.43 bits per heavy atom. The normalized spacial score (nSPS) is 17.4. The molecule has 1 aliphatic rings. The highest BCUT2D eigenvalue weighted by atomic mass is 16.5. The molecule has 2 amide bonds. The van der Waals surface area contributed by atoms with Crippen LogP contribution in [-0.4, -0.2) is 49.9 Å². The molecule has 0 atom stereocenters. The third-order valence-electron chi connectivity index (χ3n) is 3.58. The number of methoxy groups -OCH3 is 1. The van der Waals surface area contributed by atoms with Gasteiger partial charge in [-0.15, -0.1) is 0 Å². The molecule has 2 rings (SSSR count). The highest BCUT2D eigenvalue weighted by molar-refractivity contribution is 5.74. The summed E-state index contributed by atoms with van der Waals surface area (Å²) in [6.07, 6.45) is 0.753. The maximum atomic E-state index is 12.2. The van der Waals surface area contributed by atoms with Crippen molar-refractivity contribution in [2.45, 2.75) is 25.9 Å². The van der Waals surface area contributed by atoms with Crippen LogP contribution in [0.3, 0.4) is 0 Å². The molecule has 1 N–H and O–H groups in total. The average Bonchev–Trinajstić information content (AvgIpc) is 2.46. The van der Waals surface area contributed by atoms with Gasteiger partial charge in [-0.1, -0.05) is 18.2 Å². The van der Waals surface area contributed by atoms with Crippen LogP contribution in [0.25, 0.3) is 0 Å². The van der Waals surface area contributed by atoms with E-state index < -0.39 is 0 Å². The van der Waals surface area contributed by atoms with E-state index in [1.807, 2.05) is 43.0 Å². The van der Waals surface area contributed by atoms with Crippen LogP contribution in [0.15, 0.2) is 24.3 Å². The largest absolute Gasteiger partial charge is 0.496 e. The van der Waals surface area contributed by atoms with Gasteiger partial charge in [0.15, 0.2) is 0 Å². The lowest BCUT2D eigenvalue weighted by Gasteiger charge is -2.38. The van der Waals surface area contributed by atoms with E-state index >= 15 is 0 Å². The van der Waals surface area contributed by atoms with Gasteiger partial charge >= 0.3 is 6.03 Å². The third kappa shape index (κ3) is 4.36. The van der Waals surface area contributed by atoms with Gasteiger partial charge in [0.1, 0.15) is 5.75 Å². The molecule has 1 saturated heterocycles. The lowest BCUT2D eigenvalue weighted by atomic mass is 10.1. The van der Waals surface area contributed by atoms with Gasteiger partial charge in [0.2, 0.25) is 0 Å². The molecule has 5 heteroatoms. The van der Waals surface area contributed by atoms with Crippen molar-refractivity contribution in [2.75, 3.05) is 33.4 Å². The number of hydrogen-bond acceptors (Lipinski definition) is 3. The summed E-state index contributed by atoms with van der Waals surface area (Å²) in [5, 5.41) is 2.97. The number of morpholine rings is 1. The van der Waals surface area contributed by atoms with Crippen molar-refractivity contribution in [1.29, 1.82) is 0 Å². The monoisotopic (exact) mass is 292 g/mol. The molecule has 1 aliphatic heterocycles. The van der Waals surface area contributed by atoms with E-state index in [0.717, 1.165) is 17.7 Å². The zero-order valence-electron chi connectivity index (χ0n) is 13.0. The van der Waals surface area contributed by atoms with E-state index in [1.165, 1.54) is 0 Å². The van der Waals surface area contributed by atoms with E-state index in [1.54, 1.807) is 7.11 Å². The number of carbonyl (C=O) groups excluding carboxylic acids is 1. The first-order chi connectivity index (χ1) is 10.0. The summed E-state index contributed by atoms with van der Waals surface area (Å²) in [4.78, 5) is 14.0. The molecule has 0 saturated carbocycles. The summed E-state index contributed by atoms with van der Waals surface area (Å²) < 4.78 is 10.9. The average molecular weight is 292 g/mol. The molecule has 5 nitrogen and oxygen atoms in total. The summed E-state index contributed by atoms with van der Waals surface area (Å²) in [5.41, 5.74) is 0.834. The summed E-state index contributed by atoms with van der Waals surface area (Å²) >= 11 is 0. The van der Waals surface area contributed by atoms with Crippen LogP contribution in [-0.2, 0) is 11.2 Å². The van der Waals surface area contributed by atoms with Gasteiger partial charge in [-0.2, -0.15) is 0 Å². The van der Waals surface area contributed by atoms with Crippen molar-refractivity contribution in [3.63, 3.8) is 0 Å². The van der Waals surface area contributed by atoms with Gasteiger partial charge in [0, 0.05) is 13.1 Å². The van der Waals surface area contributed by atoms with Crippen molar-refractivity contribution >= 4 is 6.03 Å². The summed E-state index contributed by atoms with van der Waals surface area (Å²) in [6.45, 7) is 6.45. The number of hydrogen-bond donors (Lipinski definition) is 1. The van der Waals surface area contributed by atoms with Crippen molar-refractivity contribution < 1.29 is 14.3 Å². The SMILES string of the molecule is COc1ccccc1CCNC(=O)N1CCOC(C)(C)C1. The topological polar surface area (TPSA) is 50.8 Å². The highest BCUT2D eigenvalue weighted by Gasteiger charge is 2.29. The maximum Gasteiger partial charge on any atom is 0.317 e. The Bertz CT molecular complexity index is 488. The van der Waals surface area contributed by atoms with E-state index in [0.29, 0.717) is 26.2 Å². The lowest BCUT2D eigenvalue weighted by Crippen LogP contribution is -2.53. The Labute approximate surface area is 126 Å². The second-order valence-electron chi connectivity index (χ2n) is 5.82. The zero-order chi connectivity index (χ0) is 15.3. The van der Waals surface area contributed by atoms with Crippen LogP contribution in [0.1, 0.15) is 19.4 Å². The number of ether oxygens (including phenoxy) is 2. The van der Waals surface area contributed by atoms with Gasteiger partial charge < -0.3 is 19.7 Å². The number of nitrogens with one attached hydrogen (secondary N) is 1. The second kappa shape index (κ2) is 6.80. The molecule has 0 aliphatic carbocycles. The molecule has 0 unspecified atom stereocenters. The summed E-state index contributed by atoms with van der Waals surface area (Å²) in [6, 6.07) is 7.84. The Hall–Kier alpha value is -1.75. The number of amides is 2. The Kier molecular flexibility index (Phi) is 5.07. The number of rotatable bonds is 4. The molecule has 1 fully saturated rings. The first-order valence-electron chi connectivity index (χ1n) is 7.30. The maximum absolute atomic E-state index is 12.2. The fourth-order valence-corrected chi connectivity index (χ4v) is 2.52. The number of urea groups is 1. The molecular weight excluding hydrogens is 268 g/mol. The van der Waals surface area contributed by atoms with E-state index in [-0.39, 0.29) is 11.6 Å². The minimum atomic E-state index is -0.266. The van der Waals surface area contributed by atoms with Gasteiger partial charge in [0.25, 0.3) is 0 Å². The smallest absolute Gasteiger partial charge is 0.317 e. The molecule has 1 heterocycles. The van der Waals surface area contributed by atoms with Gasteiger partial charge in [-0.25, -0.2) is 4.79 Å². The van der Waals surface area contributed by atoms with Crippen molar-refractivity contribution in [1.82, 2.24) is 10.2 Å². The molecule has 116 valence electrons. The molecule has 1 aromatic rings. The van der Waals surface area contributed by atoms with Crippen LogP contribution >= 0.6 is 0 Å². The zero-order valence-corrected chi connectivity index (χ0v) is 13.0. The minimum Gasteiger partial charge on any atom is -0.496 e. The first kappa shape index (κ1) is 15.6. The van der Waals surface area contributed by atoms with Crippen molar-refractivity contribution in [3.8, 4) is 5.75 Å². The van der Waals surface area contributed by atoms with Crippen LogP contribution in [0, 0.1) is 0 Å². The first-order valence-corrected chi connectivity index (χ1v) is 7.30.